The van der Waals surface area contributed by atoms with E-state index in [0.717, 1.165) is 19.3 Å². The lowest BCUT2D eigenvalue weighted by Crippen LogP contribution is -2.39. The molecule has 1 fully saturated rings. The summed E-state index contributed by atoms with van der Waals surface area (Å²) in [5.41, 5.74) is 11.9. The molecule has 0 bridgehead atoms. The minimum Gasteiger partial charge on any atom is -0.444 e. The second kappa shape index (κ2) is 10.2. The van der Waals surface area contributed by atoms with Gasteiger partial charge in [-0.3, -0.25) is 10.1 Å². The van der Waals surface area contributed by atoms with Gasteiger partial charge in [0, 0.05) is 19.3 Å². The molecule has 178 valence electrons. The van der Waals surface area contributed by atoms with E-state index in [-0.39, 0.29) is 17.7 Å². The predicted molar refractivity (Wildman–Crippen MR) is 130 cm³/mol. The number of nitrogens with zero attached hydrogens (tertiary/aromatic N) is 3. The van der Waals surface area contributed by atoms with Crippen LogP contribution in [0.15, 0.2) is 42.2 Å². The molecule has 1 aliphatic rings. The lowest BCUT2D eigenvalue weighted by molar-refractivity contribution is -0.112. The van der Waals surface area contributed by atoms with Crippen molar-refractivity contribution in [2.24, 2.45) is 11.5 Å². The molecule has 1 aromatic carbocycles. The Balaban J connectivity index is 2.02. The van der Waals surface area contributed by atoms with E-state index in [2.05, 4.69) is 10.3 Å². The van der Waals surface area contributed by atoms with Crippen LogP contribution in [0.1, 0.15) is 46.1 Å². The highest BCUT2D eigenvalue weighted by atomic mass is 35.5. The maximum Gasteiger partial charge on any atom is 0.410 e. The van der Waals surface area contributed by atoms with Crippen molar-refractivity contribution in [1.82, 2.24) is 14.5 Å². The van der Waals surface area contributed by atoms with Crippen LogP contribution in [0.2, 0.25) is 5.02 Å². The summed E-state index contributed by atoms with van der Waals surface area (Å²) in [4.78, 5) is 31.9. The molecule has 1 atom stereocenters. The number of ether oxygens (including phenoxy) is 1. The summed E-state index contributed by atoms with van der Waals surface area (Å²) in [5, 5.41) is 3.33. The van der Waals surface area contributed by atoms with Gasteiger partial charge in [0.2, 0.25) is 5.95 Å². The third-order valence-electron chi connectivity index (χ3n) is 5.27. The van der Waals surface area contributed by atoms with Crippen molar-refractivity contribution < 1.29 is 14.3 Å². The van der Waals surface area contributed by atoms with E-state index < -0.39 is 11.5 Å². The highest BCUT2D eigenvalue weighted by Crippen LogP contribution is 2.34. The van der Waals surface area contributed by atoms with Gasteiger partial charge in [0.05, 0.1) is 27.7 Å². The van der Waals surface area contributed by atoms with Crippen LogP contribution in [0.5, 0.6) is 0 Å². The fourth-order valence-corrected chi connectivity index (χ4v) is 4.12. The Kier molecular flexibility index (Phi) is 7.53. The first-order chi connectivity index (χ1) is 15.6. The van der Waals surface area contributed by atoms with Crippen LogP contribution in [0, 0.1) is 0 Å². The fraction of sp³-hybridized carbons (Fsp3) is 0.435. The van der Waals surface area contributed by atoms with Crippen LogP contribution in [0.25, 0.3) is 11.0 Å². The highest BCUT2D eigenvalue weighted by Gasteiger charge is 2.30. The Morgan fingerprint density at radius 1 is 1.27 bits per heavy atom. The third kappa shape index (κ3) is 5.78. The van der Waals surface area contributed by atoms with Crippen LogP contribution < -0.4 is 16.8 Å². The number of benzene rings is 1. The zero-order valence-electron chi connectivity index (χ0n) is 19.2. The SMILES string of the molecule is CC(C)(C)OC(=O)N1CCCC[C@@H](n2c(NC(=O)C(/C=C\N)=C/N)nc3cccc(Cl)c32)C1. The van der Waals surface area contributed by atoms with E-state index >= 15 is 0 Å². The largest absolute Gasteiger partial charge is 0.444 e. The van der Waals surface area contributed by atoms with E-state index in [9.17, 15) is 9.59 Å². The quantitative estimate of drug-likeness (QED) is 0.455. The third-order valence-corrected chi connectivity index (χ3v) is 5.57. The molecule has 3 rings (SSSR count). The molecule has 2 amide bonds. The monoisotopic (exact) mass is 474 g/mol. The average Bonchev–Trinajstić information content (AvgIpc) is 2.93. The van der Waals surface area contributed by atoms with Crippen LogP contribution in [-0.2, 0) is 9.53 Å². The smallest absolute Gasteiger partial charge is 0.410 e. The van der Waals surface area contributed by atoms with Crippen molar-refractivity contribution in [3.63, 3.8) is 0 Å². The molecular weight excluding hydrogens is 444 g/mol. The molecule has 9 nitrogen and oxygen atoms in total. The van der Waals surface area contributed by atoms with Crippen LogP contribution in [0.4, 0.5) is 10.7 Å². The summed E-state index contributed by atoms with van der Waals surface area (Å²) in [6.07, 6.45) is 5.98. The zero-order chi connectivity index (χ0) is 24.2. The van der Waals surface area contributed by atoms with Gasteiger partial charge in [-0.1, -0.05) is 17.7 Å². The Morgan fingerprint density at radius 3 is 2.70 bits per heavy atom. The molecule has 0 unspecified atom stereocenters. The van der Waals surface area contributed by atoms with Crippen LogP contribution >= 0.6 is 11.6 Å². The van der Waals surface area contributed by atoms with Gasteiger partial charge in [0.1, 0.15) is 5.60 Å². The Bertz CT molecular complexity index is 1090. The van der Waals surface area contributed by atoms with Crippen LogP contribution in [-0.4, -0.2) is 45.1 Å². The van der Waals surface area contributed by atoms with E-state index in [1.165, 1.54) is 18.5 Å². The van der Waals surface area contributed by atoms with E-state index in [4.69, 9.17) is 27.8 Å². The molecule has 0 radical (unpaired) electrons. The number of hydrogen-bond acceptors (Lipinski definition) is 6. The average molecular weight is 475 g/mol. The zero-order valence-corrected chi connectivity index (χ0v) is 19.9. The summed E-state index contributed by atoms with van der Waals surface area (Å²) in [6.45, 7) is 6.52. The summed E-state index contributed by atoms with van der Waals surface area (Å²) >= 11 is 6.56. The number of carbonyl (C=O) groups excluding carboxylic acids is 2. The number of anilines is 1. The van der Waals surface area contributed by atoms with Gasteiger partial charge in [-0.2, -0.15) is 0 Å². The molecule has 1 aromatic heterocycles. The second-order valence-electron chi connectivity index (χ2n) is 8.92. The van der Waals surface area contributed by atoms with Crippen molar-refractivity contribution >= 4 is 40.6 Å². The van der Waals surface area contributed by atoms with Crippen molar-refractivity contribution in [2.75, 3.05) is 18.4 Å². The molecule has 1 saturated heterocycles. The number of hydrogen-bond donors (Lipinski definition) is 3. The van der Waals surface area contributed by atoms with Gasteiger partial charge in [-0.25, -0.2) is 9.78 Å². The van der Waals surface area contributed by atoms with Gasteiger partial charge in [-0.15, -0.1) is 0 Å². The molecule has 0 aliphatic carbocycles. The predicted octanol–water partition coefficient (Wildman–Crippen LogP) is 3.91. The molecule has 10 heteroatoms. The molecule has 33 heavy (non-hydrogen) atoms. The maximum absolute atomic E-state index is 12.8. The lowest BCUT2D eigenvalue weighted by atomic mass is 10.1. The van der Waals surface area contributed by atoms with E-state index in [1.54, 1.807) is 17.0 Å². The Hall–Kier alpha value is -3.20. The number of rotatable bonds is 4. The number of amides is 2. The number of likely N-dealkylation sites (tertiary alicyclic amines) is 1. The minimum absolute atomic E-state index is 0.171. The molecular formula is C23H31ClN6O3. The topological polar surface area (TPSA) is 128 Å². The van der Waals surface area contributed by atoms with Crippen LogP contribution in [0.3, 0.4) is 0 Å². The number of halogens is 1. The van der Waals surface area contributed by atoms with E-state index in [0.29, 0.717) is 35.1 Å². The molecule has 1 aliphatic heterocycles. The first kappa shape index (κ1) is 24.4. The van der Waals surface area contributed by atoms with Crippen molar-refractivity contribution in [2.45, 2.75) is 51.7 Å². The number of nitrogens with two attached hydrogens (primary N) is 2. The van der Waals surface area contributed by atoms with Gasteiger partial charge in [0.25, 0.3) is 5.91 Å². The summed E-state index contributed by atoms with van der Waals surface area (Å²) in [5.74, 6) is -0.131. The second-order valence-corrected chi connectivity index (χ2v) is 9.33. The molecule has 0 saturated carbocycles. The number of aromatic nitrogens is 2. The van der Waals surface area contributed by atoms with Gasteiger partial charge < -0.3 is 25.7 Å². The first-order valence-electron chi connectivity index (χ1n) is 10.9. The van der Waals surface area contributed by atoms with Gasteiger partial charge in [-0.05, 0) is 64.4 Å². The first-order valence-corrected chi connectivity index (χ1v) is 11.3. The van der Waals surface area contributed by atoms with E-state index in [1.807, 2.05) is 31.4 Å². The number of nitrogens with one attached hydrogen (secondary N) is 1. The Labute approximate surface area is 198 Å². The summed E-state index contributed by atoms with van der Waals surface area (Å²) < 4.78 is 7.50. The molecule has 2 heterocycles. The standard InChI is InChI=1S/C23H31ClN6O3/c1-23(2,3)33-22(32)29-12-5-4-7-16(14-29)30-19-17(24)8-6-9-18(19)27-21(30)28-20(31)15(13-26)10-11-25/h6,8-11,13,16H,4-5,7,12,14,25-26H2,1-3H3,(H,27,28,31)/b11-10-,15-13+/t16-/m1/s1. The summed E-state index contributed by atoms with van der Waals surface area (Å²) in [6, 6.07) is 5.24. The summed E-state index contributed by atoms with van der Waals surface area (Å²) in [7, 11) is 0. The molecule has 0 spiro atoms. The van der Waals surface area contributed by atoms with Crippen molar-refractivity contribution in [1.29, 1.82) is 0 Å². The number of imidazole rings is 1. The van der Waals surface area contributed by atoms with Gasteiger partial charge >= 0.3 is 6.09 Å². The van der Waals surface area contributed by atoms with Crippen molar-refractivity contribution in [3.05, 3.63) is 47.3 Å². The minimum atomic E-state index is -0.593. The number of carbonyl (C=O) groups is 2. The fourth-order valence-electron chi connectivity index (χ4n) is 3.86. The molecule has 5 N–H and O–H groups in total. The Morgan fingerprint density at radius 2 is 2.03 bits per heavy atom. The molecule has 2 aromatic rings. The normalized spacial score (nSPS) is 17.9. The highest BCUT2D eigenvalue weighted by molar-refractivity contribution is 6.35. The van der Waals surface area contributed by atoms with Gasteiger partial charge in [0.15, 0.2) is 0 Å². The maximum atomic E-state index is 12.8. The lowest BCUT2D eigenvalue weighted by Gasteiger charge is -2.29. The number of fused-ring (bicyclic) bond motifs is 1. The number of para-hydroxylation sites is 1. The van der Waals surface area contributed by atoms with Crippen molar-refractivity contribution in [3.8, 4) is 0 Å².